The van der Waals surface area contributed by atoms with E-state index in [1.807, 2.05) is 48.5 Å². The van der Waals surface area contributed by atoms with E-state index in [1.165, 1.54) is 64.2 Å². The Bertz CT molecular complexity index is 1810. The number of methoxy groups -OCH3 is 2. The number of hydrogen-bond donors (Lipinski definition) is 0. The summed E-state index contributed by atoms with van der Waals surface area (Å²) < 4.78 is 23.7. The second kappa shape index (κ2) is 23.6. The van der Waals surface area contributed by atoms with Crippen LogP contribution in [0.2, 0.25) is 0 Å². The van der Waals surface area contributed by atoms with Gasteiger partial charge in [0.25, 0.3) is 0 Å². The van der Waals surface area contributed by atoms with Crippen LogP contribution in [0.25, 0.3) is 21.8 Å². The largest absolute Gasteiger partial charge is 0.497 e. The maximum absolute atomic E-state index is 14.1. The van der Waals surface area contributed by atoms with Gasteiger partial charge in [-0.25, -0.2) is 9.59 Å². The number of esters is 2. The number of nitrogens with zero attached hydrogens (tertiary/aromatic N) is 6. The van der Waals surface area contributed by atoms with Gasteiger partial charge in [-0.1, -0.05) is 65.2 Å². The zero-order valence-corrected chi connectivity index (χ0v) is 36.6. The van der Waals surface area contributed by atoms with Gasteiger partial charge >= 0.3 is 11.9 Å². The third-order valence-corrected chi connectivity index (χ3v) is 12.3. The summed E-state index contributed by atoms with van der Waals surface area (Å²) in [5.74, 6) is -0.698. The highest BCUT2D eigenvalue weighted by Gasteiger charge is 2.32. The van der Waals surface area contributed by atoms with E-state index in [0.29, 0.717) is 24.6 Å². The van der Waals surface area contributed by atoms with Crippen molar-refractivity contribution < 1.29 is 28.5 Å². The van der Waals surface area contributed by atoms with Crippen molar-refractivity contribution in [2.75, 3.05) is 92.8 Å². The molecule has 12 heteroatoms. The van der Waals surface area contributed by atoms with Crippen LogP contribution in [-0.4, -0.2) is 134 Å². The summed E-state index contributed by atoms with van der Waals surface area (Å²) in [6.07, 6.45) is 14.6. The van der Waals surface area contributed by atoms with Crippen LogP contribution in [0.4, 0.5) is 0 Å². The van der Waals surface area contributed by atoms with Crippen LogP contribution in [0.15, 0.2) is 60.9 Å². The van der Waals surface area contributed by atoms with Gasteiger partial charge in [-0.3, -0.25) is 19.8 Å². The summed E-state index contributed by atoms with van der Waals surface area (Å²) >= 11 is 0. The molecule has 2 aromatic heterocycles. The van der Waals surface area contributed by atoms with Gasteiger partial charge in [-0.05, 0) is 74.5 Å². The lowest BCUT2D eigenvalue weighted by atomic mass is 10.0. The number of aromatic nitrogens is 2. The topological polar surface area (TPSA) is 110 Å². The van der Waals surface area contributed by atoms with Crippen LogP contribution < -0.4 is 9.47 Å². The van der Waals surface area contributed by atoms with E-state index in [4.69, 9.17) is 18.9 Å². The molecular formula is C48H68N6O6. The van der Waals surface area contributed by atoms with E-state index in [2.05, 4.69) is 43.4 Å². The molecule has 2 saturated heterocycles. The first-order valence-corrected chi connectivity index (χ1v) is 22.5. The third-order valence-electron chi connectivity index (χ3n) is 12.3. The highest BCUT2D eigenvalue weighted by atomic mass is 16.6. The number of unbranched alkanes of at least 4 members (excludes halogenated alkanes) is 8. The summed E-state index contributed by atoms with van der Waals surface area (Å²) in [4.78, 5) is 47.1. The monoisotopic (exact) mass is 825 g/mol. The minimum Gasteiger partial charge on any atom is -0.497 e. The number of piperazine rings is 2. The summed E-state index contributed by atoms with van der Waals surface area (Å²) in [6.45, 7) is 14.7. The average Bonchev–Trinajstić information content (AvgIpc) is 3.28. The van der Waals surface area contributed by atoms with Gasteiger partial charge in [-0.15, -0.1) is 0 Å². The molecule has 0 aliphatic carbocycles. The molecule has 4 heterocycles. The molecule has 2 fully saturated rings. The zero-order valence-electron chi connectivity index (χ0n) is 36.6. The fourth-order valence-electron chi connectivity index (χ4n) is 8.60. The minimum absolute atomic E-state index is 0.431. The Balaban J connectivity index is 1.19. The van der Waals surface area contributed by atoms with Crippen molar-refractivity contribution in [3.63, 3.8) is 0 Å². The number of carbonyl (C=O) groups is 2. The van der Waals surface area contributed by atoms with Crippen LogP contribution in [0.3, 0.4) is 0 Å². The number of ether oxygens (including phenoxy) is 4. The van der Waals surface area contributed by atoms with E-state index in [9.17, 15) is 9.59 Å². The van der Waals surface area contributed by atoms with Crippen molar-refractivity contribution in [2.45, 2.75) is 90.3 Å². The normalized spacial score (nSPS) is 16.8. The van der Waals surface area contributed by atoms with E-state index in [0.717, 1.165) is 98.4 Å². The van der Waals surface area contributed by atoms with E-state index >= 15 is 0 Å². The molecule has 326 valence electrons. The van der Waals surface area contributed by atoms with Gasteiger partial charge in [-0.2, -0.15) is 0 Å². The van der Waals surface area contributed by atoms with Crippen LogP contribution in [0, 0.1) is 0 Å². The predicted molar refractivity (Wildman–Crippen MR) is 238 cm³/mol. The molecule has 0 amide bonds. The van der Waals surface area contributed by atoms with Crippen molar-refractivity contribution in [1.82, 2.24) is 29.6 Å². The highest BCUT2D eigenvalue weighted by molar-refractivity contribution is 6.29. The Morgan fingerprint density at radius 2 is 0.917 bits per heavy atom. The number of carbonyl (C=O) groups excluding carboxylic acids is 2. The lowest BCUT2D eigenvalue weighted by Crippen LogP contribution is -2.48. The average molecular weight is 825 g/mol. The smallest absolute Gasteiger partial charge is 0.418 e. The quantitative estimate of drug-likeness (QED) is 0.0438. The molecule has 2 atom stereocenters. The fraction of sp³-hybridized carbons (Fsp3) is 0.583. The van der Waals surface area contributed by atoms with Gasteiger partial charge < -0.3 is 28.7 Å². The second-order valence-electron chi connectivity index (χ2n) is 16.5. The third kappa shape index (κ3) is 12.8. The molecule has 0 radical (unpaired) electrons. The summed E-state index contributed by atoms with van der Waals surface area (Å²) in [6, 6.07) is 15.1. The molecule has 4 aromatic rings. The van der Waals surface area contributed by atoms with Gasteiger partial charge in [0.1, 0.15) is 23.7 Å². The second-order valence-corrected chi connectivity index (χ2v) is 16.5. The van der Waals surface area contributed by atoms with Crippen molar-refractivity contribution >= 4 is 33.7 Å². The van der Waals surface area contributed by atoms with E-state index in [-0.39, 0.29) is 0 Å². The standard InChI is InChI=1S/C48H68N6O6/c1-5-7-9-11-13-23-51-25-29-53(30-26-51)35-45(39-19-21-49-43-17-15-37(57-3)33-41(39)43)59-47(55)48(56)60-46(40-20-22-50-44-18-16-38(58-4)34-42(40)44)36-54-31-27-52(28-32-54)24-14-12-10-8-6-2/h15-22,33-34,45-46H,5-14,23-32,35-36H2,1-4H3/t45-,46-/m1/s1. The fourth-order valence-corrected chi connectivity index (χ4v) is 8.60. The Hall–Kier alpha value is -4.36. The summed E-state index contributed by atoms with van der Waals surface area (Å²) in [5.41, 5.74) is 3.04. The van der Waals surface area contributed by atoms with Gasteiger partial charge in [0, 0.05) is 99.7 Å². The Morgan fingerprint density at radius 1 is 0.533 bits per heavy atom. The first kappa shape index (κ1) is 45.2. The number of benzene rings is 2. The first-order valence-electron chi connectivity index (χ1n) is 22.5. The molecule has 0 unspecified atom stereocenters. The van der Waals surface area contributed by atoms with Crippen molar-refractivity contribution in [1.29, 1.82) is 0 Å². The summed E-state index contributed by atoms with van der Waals surface area (Å²) in [7, 11) is 3.25. The number of pyridine rings is 2. The molecule has 0 bridgehead atoms. The first-order chi connectivity index (χ1) is 29.4. The van der Waals surface area contributed by atoms with Crippen LogP contribution >= 0.6 is 0 Å². The molecule has 6 rings (SSSR count). The van der Waals surface area contributed by atoms with Crippen molar-refractivity contribution in [2.24, 2.45) is 0 Å². The Kier molecular flexibility index (Phi) is 17.8. The Morgan fingerprint density at radius 3 is 1.30 bits per heavy atom. The van der Waals surface area contributed by atoms with Gasteiger partial charge in [0.2, 0.25) is 0 Å². The van der Waals surface area contributed by atoms with Gasteiger partial charge in [0.05, 0.1) is 25.3 Å². The maximum Gasteiger partial charge on any atom is 0.418 e. The lowest BCUT2D eigenvalue weighted by Gasteiger charge is -2.37. The number of hydrogen-bond acceptors (Lipinski definition) is 12. The molecule has 2 aliphatic heterocycles. The number of fused-ring (bicyclic) bond motifs is 2. The van der Waals surface area contributed by atoms with Crippen molar-refractivity contribution in [3.05, 3.63) is 72.1 Å². The molecule has 60 heavy (non-hydrogen) atoms. The highest BCUT2D eigenvalue weighted by Crippen LogP contribution is 2.32. The number of rotatable bonds is 22. The van der Waals surface area contributed by atoms with Crippen LogP contribution in [-0.2, 0) is 19.1 Å². The molecular weight excluding hydrogens is 757 g/mol. The molecule has 2 aliphatic rings. The Labute approximate surface area is 357 Å². The molecule has 2 aromatic carbocycles. The lowest BCUT2D eigenvalue weighted by molar-refractivity contribution is -0.175. The minimum atomic E-state index is -1.02. The molecule has 0 saturated carbocycles. The van der Waals surface area contributed by atoms with Crippen LogP contribution in [0.1, 0.15) is 101 Å². The molecule has 0 spiro atoms. The van der Waals surface area contributed by atoms with Gasteiger partial charge in [0.15, 0.2) is 0 Å². The SMILES string of the molecule is CCCCCCCN1CCN(C[C@@H](OC(=O)C(=O)O[C@H](CN2CCN(CCCCCCC)CC2)c2ccnc3ccc(OC)cc23)c2ccnc3ccc(OC)cc23)CC1. The maximum atomic E-state index is 14.1. The molecule has 12 nitrogen and oxygen atoms in total. The van der Waals surface area contributed by atoms with Crippen molar-refractivity contribution in [3.8, 4) is 11.5 Å². The summed E-state index contributed by atoms with van der Waals surface area (Å²) in [5, 5.41) is 1.62. The van der Waals surface area contributed by atoms with E-state index in [1.54, 1.807) is 26.6 Å². The predicted octanol–water partition coefficient (Wildman–Crippen LogP) is 7.85. The van der Waals surface area contributed by atoms with E-state index < -0.39 is 24.1 Å². The molecule has 0 N–H and O–H groups in total. The van der Waals surface area contributed by atoms with Crippen LogP contribution in [0.5, 0.6) is 11.5 Å². The zero-order chi connectivity index (χ0) is 42.1.